The van der Waals surface area contributed by atoms with Gasteiger partial charge in [-0.3, -0.25) is 0 Å². The quantitative estimate of drug-likeness (QED) is 0.626. The molecule has 0 atom stereocenters. The highest BCUT2D eigenvalue weighted by Crippen LogP contribution is 2.18. The van der Waals surface area contributed by atoms with Gasteiger partial charge in [0.2, 0.25) is 0 Å². The Morgan fingerprint density at radius 2 is 2.18 bits per heavy atom. The zero-order valence-electron chi connectivity index (χ0n) is 9.94. The van der Waals surface area contributed by atoms with Crippen molar-refractivity contribution in [3.8, 4) is 0 Å². The molecule has 1 aromatic heterocycles. The molecular weight excluding hydrogens is 234 g/mol. The Morgan fingerprint density at radius 1 is 1.47 bits per heavy atom. The van der Waals surface area contributed by atoms with Crippen molar-refractivity contribution >= 4 is 24.1 Å². The molecule has 0 aromatic carbocycles. The first-order valence-electron chi connectivity index (χ1n) is 5.89. The third-order valence-corrected chi connectivity index (χ3v) is 2.99. The van der Waals surface area contributed by atoms with Crippen molar-refractivity contribution in [1.29, 1.82) is 0 Å². The average molecular weight is 251 g/mol. The second-order valence-electron chi connectivity index (χ2n) is 4.33. The van der Waals surface area contributed by atoms with Crippen LogP contribution in [0.5, 0.6) is 0 Å². The van der Waals surface area contributed by atoms with E-state index in [9.17, 15) is 5.11 Å². The second kappa shape index (κ2) is 5.31. The standard InChI is InChI=1S/C12H17N3OS/c1-9(16)7-10-8-11(14-12(17)13-10)15-5-3-2-4-6-15/h7-8,16H,2-6H2,1H3,(H,13,14,17)/b9-7-. The van der Waals surface area contributed by atoms with E-state index < -0.39 is 0 Å². The fourth-order valence-electron chi connectivity index (χ4n) is 2.05. The molecule has 2 rings (SSSR count). The highest BCUT2D eigenvalue weighted by Gasteiger charge is 2.12. The Bertz CT molecular complexity index is 471. The summed E-state index contributed by atoms with van der Waals surface area (Å²) >= 11 is 5.10. The van der Waals surface area contributed by atoms with Gasteiger partial charge < -0.3 is 15.0 Å². The van der Waals surface area contributed by atoms with Crippen LogP contribution in [-0.2, 0) is 0 Å². The van der Waals surface area contributed by atoms with Crippen LogP contribution >= 0.6 is 12.2 Å². The van der Waals surface area contributed by atoms with Crippen molar-refractivity contribution in [3.63, 3.8) is 0 Å². The van der Waals surface area contributed by atoms with Crippen molar-refractivity contribution in [3.05, 3.63) is 22.3 Å². The summed E-state index contributed by atoms with van der Waals surface area (Å²) in [6.07, 6.45) is 5.36. The van der Waals surface area contributed by atoms with Crippen LogP contribution in [0.25, 0.3) is 6.08 Å². The number of hydrogen-bond donors (Lipinski definition) is 2. The van der Waals surface area contributed by atoms with Crippen LogP contribution in [0.1, 0.15) is 31.9 Å². The molecule has 0 amide bonds. The molecule has 4 nitrogen and oxygen atoms in total. The van der Waals surface area contributed by atoms with E-state index in [2.05, 4.69) is 14.9 Å². The van der Waals surface area contributed by atoms with Crippen molar-refractivity contribution in [2.75, 3.05) is 18.0 Å². The van der Waals surface area contributed by atoms with Crippen LogP contribution in [0, 0.1) is 4.77 Å². The lowest BCUT2D eigenvalue weighted by molar-refractivity contribution is 0.419. The molecular formula is C12H17N3OS. The topological polar surface area (TPSA) is 52.1 Å². The summed E-state index contributed by atoms with van der Waals surface area (Å²) in [7, 11) is 0. The van der Waals surface area contributed by atoms with Gasteiger partial charge in [-0.15, -0.1) is 0 Å². The number of allylic oxidation sites excluding steroid dienone is 1. The minimum absolute atomic E-state index is 0.256. The second-order valence-corrected chi connectivity index (χ2v) is 4.72. The summed E-state index contributed by atoms with van der Waals surface area (Å²) in [5.74, 6) is 1.16. The molecule has 1 fully saturated rings. The maximum Gasteiger partial charge on any atom is 0.199 e. The van der Waals surface area contributed by atoms with Gasteiger partial charge in [0.1, 0.15) is 5.82 Å². The van der Waals surface area contributed by atoms with E-state index in [1.165, 1.54) is 19.3 Å². The van der Waals surface area contributed by atoms with Crippen LogP contribution in [0.3, 0.4) is 0 Å². The average Bonchev–Trinajstić information content (AvgIpc) is 2.28. The normalized spacial score (nSPS) is 17.2. The molecule has 2 heterocycles. The SMILES string of the molecule is C/C(O)=C/c1cc(N2CCCCC2)nc(=S)[nH]1. The Labute approximate surface area is 106 Å². The molecule has 1 aliphatic heterocycles. The molecule has 92 valence electrons. The summed E-state index contributed by atoms with van der Waals surface area (Å²) in [6, 6.07) is 1.93. The Hall–Kier alpha value is -1.36. The number of piperidine rings is 1. The molecule has 0 radical (unpaired) electrons. The van der Waals surface area contributed by atoms with Crippen LogP contribution in [-0.4, -0.2) is 28.2 Å². The highest BCUT2D eigenvalue weighted by molar-refractivity contribution is 7.71. The molecule has 1 aliphatic rings. The van der Waals surface area contributed by atoms with Crippen molar-refractivity contribution < 1.29 is 5.11 Å². The maximum absolute atomic E-state index is 9.27. The summed E-state index contributed by atoms with van der Waals surface area (Å²) in [4.78, 5) is 9.55. The number of aliphatic hydroxyl groups excluding tert-OH is 1. The first kappa shape index (κ1) is 12.1. The zero-order chi connectivity index (χ0) is 12.3. The number of hydrogen-bond acceptors (Lipinski definition) is 4. The zero-order valence-corrected chi connectivity index (χ0v) is 10.8. The van der Waals surface area contributed by atoms with Gasteiger partial charge in [0.15, 0.2) is 4.77 Å². The van der Waals surface area contributed by atoms with Crippen molar-refractivity contribution in [1.82, 2.24) is 9.97 Å². The van der Waals surface area contributed by atoms with Gasteiger partial charge >= 0.3 is 0 Å². The highest BCUT2D eigenvalue weighted by atomic mass is 32.1. The first-order valence-corrected chi connectivity index (χ1v) is 6.29. The number of rotatable bonds is 2. The monoisotopic (exact) mass is 251 g/mol. The van der Waals surface area contributed by atoms with Crippen LogP contribution in [0.2, 0.25) is 0 Å². The van der Waals surface area contributed by atoms with E-state index in [1.807, 2.05) is 6.07 Å². The largest absolute Gasteiger partial charge is 0.513 e. The summed E-state index contributed by atoms with van der Waals surface area (Å²) < 4.78 is 0.459. The fraction of sp³-hybridized carbons (Fsp3) is 0.500. The molecule has 5 heteroatoms. The number of aromatic nitrogens is 2. The molecule has 0 spiro atoms. The summed E-state index contributed by atoms with van der Waals surface area (Å²) in [6.45, 7) is 3.71. The summed E-state index contributed by atoms with van der Waals surface area (Å²) in [5, 5.41) is 9.27. The predicted molar refractivity (Wildman–Crippen MR) is 71.8 cm³/mol. The van der Waals surface area contributed by atoms with Gasteiger partial charge in [-0.05, 0) is 44.5 Å². The number of H-pyrrole nitrogens is 1. The van der Waals surface area contributed by atoms with Gasteiger partial charge in [-0.25, -0.2) is 4.98 Å². The predicted octanol–water partition coefficient (Wildman–Crippen LogP) is 3.05. The summed E-state index contributed by atoms with van der Waals surface area (Å²) in [5.41, 5.74) is 0.797. The van der Waals surface area contributed by atoms with E-state index in [4.69, 9.17) is 12.2 Å². The lowest BCUT2D eigenvalue weighted by Gasteiger charge is -2.27. The minimum atomic E-state index is 0.256. The Kier molecular flexibility index (Phi) is 3.78. The van der Waals surface area contributed by atoms with Gasteiger partial charge in [0.25, 0.3) is 0 Å². The number of nitrogens with zero attached hydrogens (tertiary/aromatic N) is 2. The van der Waals surface area contributed by atoms with Gasteiger partial charge in [-0.1, -0.05) is 0 Å². The van der Waals surface area contributed by atoms with Crippen molar-refractivity contribution in [2.24, 2.45) is 0 Å². The van der Waals surface area contributed by atoms with Gasteiger partial charge in [0, 0.05) is 24.8 Å². The smallest absolute Gasteiger partial charge is 0.199 e. The van der Waals surface area contributed by atoms with E-state index in [0.29, 0.717) is 4.77 Å². The van der Waals surface area contributed by atoms with Gasteiger partial charge in [-0.2, -0.15) is 0 Å². The molecule has 1 aromatic rings. The minimum Gasteiger partial charge on any atom is -0.513 e. The van der Waals surface area contributed by atoms with E-state index in [-0.39, 0.29) is 5.76 Å². The van der Waals surface area contributed by atoms with E-state index in [1.54, 1.807) is 13.0 Å². The molecule has 17 heavy (non-hydrogen) atoms. The van der Waals surface area contributed by atoms with Crippen LogP contribution in [0.15, 0.2) is 11.8 Å². The molecule has 0 saturated carbocycles. The lowest BCUT2D eigenvalue weighted by atomic mass is 10.1. The fourth-order valence-corrected chi connectivity index (χ4v) is 2.26. The van der Waals surface area contributed by atoms with Crippen LogP contribution in [0.4, 0.5) is 5.82 Å². The van der Waals surface area contributed by atoms with Gasteiger partial charge in [0.05, 0.1) is 5.76 Å². The number of aliphatic hydroxyl groups is 1. The third-order valence-electron chi connectivity index (χ3n) is 2.80. The molecule has 0 aliphatic carbocycles. The first-order chi connectivity index (χ1) is 8.15. The van der Waals surface area contributed by atoms with Crippen molar-refractivity contribution in [2.45, 2.75) is 26.2 Å². The number of nitrogens with one attached hydrogen (secondary N) is 1. The number of anilines is 1. The maximum atomic E-state index is 9.27. The molecule has 0 unspecified atom stereocenters. The Balaban J connectivity index is 2.30. The third kappa shape index (κ3) is 3.30. The lowest BCUT2D eigenvalue weighted by Crippen LogP contribution is -2.30. The molecule has 1 saturated heterocycles. The molecule has 2 N–H and O–H groups in total. The number of aromatic amines is 1. The van der Waals surface area contributed by atoms with E-state index >= 15 is 0 Å². The molecule has 0 bridgehead atoms. The van der Waals surface area contributed by atoms with Crippen LogP contribution < -0.4 is 4.90 Å². The van der Waals surface area contributed by atoms with E-state index in [0.717, 1.165) is 24.6 Å². The Morgan fingerprint density at radius 3 is 2.82 bits per heavy atom.